The van der Waals surface area contributed by atoms with E-state index in [0.717, 1.165) is 131 Å². The van der Waals surface area contributed by atoms with Gasteiger partial charge in [-0.15, -0.1) is 0 Å². The molecule has 0 radical (unpaired) electrons. The van der Waals surface area contributed by atoms with Crippen molar-refractivity contribution in [2.45, 2.75) is 6.92 Å². The van der Waals surface area contributed by atoms with Crippen LogP contribution in [0.25, 0.3) is 154 Å². The summed E-state index contributed by atoms with van der Waals surface area (Å²) in [5.41, 5.74) is 14.9. The molecule has 370 valence electrons. The summed E-state index contributed by atoms with van der Waals surface area (Å²) in [6.45, 7) is 2.18. The molecule has 0 bridgehead atoms. The summed E-state index contributed by atoms with van der Waals surface area (Å²) < 4.78 is 16.2. The molecule has 17 aromatic rings. The second-order valence-electron chi connectivity index (χ2n) is 21.0. The Kier molecular flexibility index (Phi) is 9.06. The number of para-hydroxylation sites is 7. The zero-order valence-corrected chi connectivity index (χ0v) is 43.1. The topological polar surface area (TPSA) is 80.4 Å². The Morgan fingerprint density at radius 2 is 0.700 bits per heavy atom. The molecule has 0 aliphatic carbocycles. The minimum absolute atomic E-state index is 0.378. The lowest BCUT2D eigenvalue weighted by Crippen LogP contribution is -2.16. The molecule has 0 aliphatic heterocycles. The minimum Gasteiger partial charge on any atom is -0.454 e. The molecule has 12 aromatic carbocycles. The minimum atomic E-state index is 0.378. The van der Waals surface area contributed by atoms with Crippen molar-refractivity contribution in [2.24, 2.45) is 0 Å². The Morgan fingerprint density at radius 3 is 1.18 bits per heavy atom. The summed E-state index contributed by atoms with van der Waals surface area (Å²) in [5.74, 6) is 0. The molecule has 80 heavy (non-hydrogen) atoms. The maximum Gasteiger partial charge on any atom is 0.160 e. The Balaban J connectivity index is 1.19. The summed E-state index contributed by atoms with van der Waals surface area (Å²) >= 11 is 0. The number of hydrogen-bond acceptors (Lipinski definition) is 3. The Bertz CT molecular complexity index is 5500. The van der Waals surface area contributed by atoms with Crippen molar-refractivity contribution in [2.75, 3.05) is 0 Å². The highest BCUT2D eigenvalue weighted by molar-refractivity contribution is 6.23. The van der Waals surface area contributed by atoms with Gasteiger partial charge in [0.15, 0.2) is 5.58 Å². The molecule has 0 aliphatic rings. The SMILES string of the molecule is Cc1ccc2ccccc2c1-c1ccc2c3ccc4c5ccccc5oc4c3n(-c3c(C#N)c(-n4c5ccccc5c5ccccc54)c(-n4c5ccccc5c5ccccc54)c(C#N)c3-n3c4ccccc4c4ccccc43)c2c1. The van der Waals surface area contributed by atoms with Gasteiger partial charge in [0, 0.05) is 53.9 Å². The summed E-state index contributed by atoms with van der Waals surface area (Å²) in [5, 5.41) is 38.1. The van der Waals surface area contributed by atoms with Crippen molar-refractivity contribution >= 4 is 120 Å². The predicted octanol–water partition coefficient (Wildman–Crippen LogP) is 18.8. The normalized spacial score (nSPS) is 12.0. The van der Waals surface area contributed by atoms with Gasteiger partial charge in [-0.05, 0) is 89.0 Å². The van der Waals surface area contributed by atoms with Gasteiger partial charge >= 0.3 is 0 Å². The number of aromatic nitrogens is 4. The van der Waals surface area contributed by atoms with E-state index in [1.165, 1.54) is 0 Å². The highest BCUT2D eigenvalue weighted by Gasteiger charge is 2.35. The molecule has 0 N–H and O–H groups in total. The van der Waals surface area contributed by atoms with E-state index in [1.807, 2.05) is 12.1 Å². The number of nitrogens with zero attached hydrogens (tertiary/aromatic N) is 6. The largest absolute Gasteiger partial charge is 0.454 e. The molecule has 0 amide bonds. The number of nitriles is 2. The zero-order valence-electron chi connectivity index (χ0n) is 43.1. The van der Waals surface area contributed by atoms with E-state index in [1.54, 1.807) is 0 Å². The van der Waals surface area contributed by atoms with E-state index in [2.05, 4.69) is 262 Å². The maximum absolute atomic E-state index is 13.0. The molecule has 0 spiro atoms. The maximum atomic E-state index is 13.0. The molecule has 5 aromatic heterocycles. The van der Waals surface area contributed by atoms with Crippen molar-refractivity contribution in [3.8, 4) is 46.0 Å². The first-order valence-electron chi connectivity index (χ1n) is 27.0. The molecule has 5 heterocycles. The number of furan rings is 1. The average molecular weight is 1020 g/mol. The van der Waals surface area contributed by atoms with Crippen LogP contribution >= 0.6 is 0 Å². The quantitative estimate of drug-likeness (QED) is 0.172. The van der Waals surface area contributed by atoms with Crippen LogP contribution in [0.1, 0.15) is 16.7 Å². The van der Waals surface area contributed by atoms with Crippen molar-refractivity contribution < 1.29 is 4.42 Å². The standard InChI is InChI=1S/C73H42N6O/c1-43-34-35-44-18-2-3-19-46(44)67(43)45-36-37-53-55-38-39-56-54-26-10-17-33-66(54)80-73(56)72(55)79(65(53)40-45)71-58(42-75)69(77-61-29-13-6-22-49(61)50-23-7-14-30-62(50)77)68(76-59-27-11-4-20-47(59)48-21-5-12-28-60(48)76)57(41-74)70(71)78-63-31-15-8-24-51(63)52-25-9-16-32-64(52)78/h2-40H,1H3. The van der Waals surface area contributed by atoms with Crippen molar-refractivity contribution in [1.29, 1.82) is 10.5 Å². The fourth-order valence-corrected chi connectivity index (χ4v) is 13.7. The van der Waals surface area contributed by atoms with Crippen LogP contribution in [0.3, 0.4) is 0 Å². The van der Waals surface area contributed by atoms with Crippen LogP contribution in [0.2, 0.25) is 0 Å². The molecule has 7 heteroatoms. The lowest BCUT2D eigenvalue weighted by molar-refractivity contribution is 0.671. The first kappa shape index (κ1) is 44.1. The predicted molar refractivity (Wildman–Crippen MR) is 328 cm³/mol. The van der Waals surface area contributed by atoms with Crippen LogP contribution in [0.15, 0.2) is 241 Å². The van der Waals surface area contributed by atoms with Gasteiger partial charge in [-0.2, -0.15) is 10.5 Å². The molecule has 0 atom stereocenters. The first-order chi connectivity index (χ1) is 39.6. The molecule has 0 fully saturated rings. The summed E-state index contributed by atoms with van der Waals surface area (Å²) in [4.78, 5) is 0. The number of rotatable bonds is 5. The van der Waals surface area contributed by atoms with Gasteiger partial charge in [0.1, 0.15) is 28.8 Å². The Labute approximate surface area is 457 Å². The van der Waals surface area contributed by atoms with Crippen molar-refractivity contribution in [3.05, 3.63) is 253 Å². The van der Waals surface area contributed by atoms with Gasteiger partial charge in [0.2, 0.25) is 0 Å². The number of aryl methyl sites for hydroxylation is 1. The van der Waals surface area contributed by atoms with Gasteiger partial charge in [-0.25, -0.2) is 0 Å². The fraction of sp³-hybridized carbons (Fsp3) is 0.0137. The molecule has 0 unspecified atom stereocenters. The van der Waals surface area contributed by atoms with E-state index in [9.17, 15) is 10.5 Å². The highest BCUT2D eigenvalue weighted by atomic mass is 16.3. The molecular formula is C73H42N6O. The lowest BCUT2D eigenvalue weighted by atomic mass is 9.93. The van der Waals surface area contributed by atoms with Crippen LogP contribution in [0.5, 0.6) is 0 Å². The second-order valence-corrected chi connectivity index (χ2v) is 21.0. The number of benzene rings is 12. The fourth-order valence-electron chi connectivity index (χ4n) is 13.7. The molecule has 17 rings (SSSR count). The molecule has 0 saturated heterocycles. The van der Waals surface area contributed by atoms with E-state index in [-0.39, 0.29) is 0 Å². The van der Waals surface area contributed by atoms with Crippen LogP contribution in [0, 0.1) is 29.6 Å². The summed E-state index contributed by atoms with van der Waals surface area (Å²) in [7, 11) is 0. The number of hydrogen-bond donors (Lipinski definition) is 0. The highest BCUT2D eigenvalue weighted by Crippen LogP contribution is 2.50. The van der Waals surface area contributed by atoms with Gasteiger partial charge < -0.3 is 22.7 Å². The monoisotopic (exact) mass is 1020 g/mol. The van der Waals surface area contributed by atoms with E-state index in [0.29, 0.717) is 39.5 Å². The number of fused-ring (bicyclic) bond motifs is 17. The first-order valence-corrected chi connectivity index (χ1v) is 27.0. The smallest absolute Gasteiger partial charge is 0.160 e. The molecule has 0 saturated carbocycles. The van der Waals surface area contributed by atoms with Gasteiger partial charge in [-0.1, -0.05) is 182 Å². The van der Waals surface area contributed by atoms with E-state index in [4.69, 9.17) is 4.42 Å². The van der Waals surface area contributed by atoms with Gasteiger partial charge in [-0.3, -0.25) is 0 Å². The van der Waals surface area contributed by atoms with Crippen molar-refractivity contribution in [1.82, 2.24) is 18.3 Å². The molecular weight excluding hydrogens is 977 g/mol. The summed E-state index contributed by atoms with van der Waals surface area (Å²) in [6.07, 6.45) is 0. The Hall–Kier alpha value is -11.1. The van der Waals surface area contributed by atoms with Crippen LogP contribution in [-0.2, 0) is 0 Å². The van der Waals surface area contributed by atoms with Gasteiger partial charge in [0.05, 0.1) is 66.9 Å². The van der Waals surface area contributed by atoms with Crippen LogP contribution in [0.4, 0.5) is 0 Å². The Morgan fingerprint density at radius 1 is 0.325 bits per heavy atom. The molecule has 7 nitrogen and oxygen atoms in total. The summed E-state index contributed by atoms with van der Waals surface area (Å²) in [6, 6.07) is 88.8. The van der Waals surface area contributed by atoms with E-state index < -0.39 is 0 Å². The second kappa shape index (κ2) is 16.4. The third-order valence-corrected chi connectivity index (χ3v) is 17.0. The average Bonchev–Trinajstić information content (AvgIpc) is 4.29. The van der Waals surface area contributed by atoms with E-state index >= 15 is 0 Å². The van der Waals surface area contributed by atoms with Crippen LogP contribution in [-0.4, -0.2) is 18.3 Å². The van der Waals surface area contributed by atoms with Crippen LogP contribution < -0.4 is 0 Å². The van der Waals surface area contributed by atoms with Gasteiger partial charge in [0.25, 0.3) is 0 Å². The third kappa shape index (κ3) is 5.79. The zero-order chi connectivity index (χ0) is 52.9. The lowest BCUT2D eigenvalue weighted by Gasteiger charge is -2.27. The third-order valence-electron chi connectivity index (χ3n) is 17.0. The van der Waals surface area contributed by atoms with Crippen molar-refractivity contribution in [3.63, 3.8) is 0 Å².